The Hall–Kier alpha value is -0.0400. The Morgan fingerprint density at radius 3 is 1.00 bits per heavy atom. The molecule has 1 aliphatic heterocycles. The molecule has 1 rings (SSSR count). The van der Waals surface area contributed by atoms with Crippen molar-refractivity contribution in [1.29, 1.82) is 0 Å². The summed E-state index contributed by atoms with van der Waals surface area (Å²) >= 11 is 0. The molecule has 0 amide bonds. The van der Waals surface area contributed by atoms with Gasteiger partial charge in [-0.25, -0.2) is 0 Å². The molecule has 1 nitrogen and oxygen atoms in total. The summed E-state index contributed by atoms with van der Waals surface area (Å²) in [6.07, 6.45) is 8.83. The Kier molecular flexibility index (Phi) is 27.7. The van der Waals surface area contributed by atoms with E-state index in [-0.39, 0.29) is 0 Å². The highest BCUT2D eigenvalue weighted by Crippen LogP contribution is 2.17. The zero-order valence-electron chi connectivity index (χ0n) is 13.8. The van der Waals surface area contributed by atoms with Gasteiger partial charge in [-0.15, -0.1) is 0 Å². The van der Waals surface area contributed by atoms with Gasteiger partial charge in [-0.3, -0.25) is 0 Å². The fraction of sp³-hybridized carbons (Fsp3) is 1.00. The van der Waals surface area contributed by atoms with Gasteiger partial charge in [0, 0.05) is 0 Å². The lowest BCUT2D eigenvalue weighted by Crippen LogP contribution is -2.01. The van der Waals surface area contributed by atoms with Gasteiger partial charge in [-0.1, -0.05) is 67.2 Å². The van der Waals surface area contributed by atoms with Crippen LogP contribution in [0.1, 0.15) is 93.9 Å². The molecule has 1 aliphatic rings. The highest BCUT2D eigenvalue weighted by atomic mass is 16.5. The standard InChI is InChI=1S/C6H12O.2C4H10.C2H6/c1-5-3-4-6(2)7-5;2*1-3-4-2;1-2/h5-6H,3-4H2,1-2H3;2*3-4H2,1-2H3;1-2H3. The van der Waals surface area contributed by atoms with E-state index in [0.29, 0.717) is 12.2 Å². The van der Waals surface area contributed by atoms with Crippen LogP contribution < -0.4 is 0 Å². The molecular formula is C16H38O. The SMILES string of the molecule is CC.CC1CCC(C)O1.CCCC.CCCC. The molecule has 2 unspecified atom stereocenters. The lowest BCUT2D eigenvalue weighted by atomic mass is 10.2. The Balaban J connectivity index is -0.000000172. The first-order valence-corrected chi connectivity index (χ1v) is 7.77. The van der Waals surface area contributed by atoms with Crippen molar-refractivity contribution in [3.8, 4) is 0 Å². The molecule has 0 aromatic rings. The van der Waals surface area contributed by atoms with Crippen molar-refractivity contribution in [3.05, 3.63) is 0 Å². The molecule has 0 aromatic heterocycles. The van der Waals surface area contributed by atoms with Gasteiger partial charge in [0.25, 0.3) is 0 Å². The van der Waals surface area contributed by atoms with Crippen molar-refractivity contribution in [2.45, 2.75) is 106 Å². The zero-order chi connectivity index (χ0) is 14.1. The third kappa shape index (κ3) is 25.9. The van der Waals surface area contributed by atoms with Gasteiger partial charge in [-0.2, -0.15) is 0 Å². The molecule has 0 saturated carbocycles. The van der Waals surface area contributed by atoms with Crippen molar-refractivity contribution in [2.24, 2.45) is 0 Å². The van der Waals surface area contributed by atoms with Crippen LogP contribution >= 0.6 is 0 Å². The molecule has 2 atom stereocenters. The zero-order valence-corrected chi connectivity index (χ0v) is 13.8. The summed E-state index contributed by atoms with van der Waals surface area (Å²) in [4.78, 5) is 0. The van der Waals surface area contributed by atoms with Crippen LogP contribution in [0.4, 0.5) is 0 Å². The Morgan fingerprint density at radius 2 is 0.941 bits per heavy atom. The molecule has 1 heteroatoms. The van der Waals surface area contributed by atoms with Crippen LogP contribution in [-0.2, 0) is 4.74 Å². The molecule has 17 heavy (non-hydrogen) atoms. The molecule has 1 saturated heterocycles. The largest absolute Gasteiger partial charge is 0.376 e. The van der Waals surface area contributed by atoms with Crippen LogP contribution in [0.2, 0.25) is 0 Å². The van der Waals surface area contributed by atoms with Gasteiger partial charge in [0.05, 0.1) is 12.2 Å². The van der Waals surface area contributed by atoms with Crippen LogP contribution in [0.25, 0.3) is 0 Å². The predicted molar refractivity (Wildman–Crippen MR) is 81.8 cm³/mol. The van der Waals surface area contributed by atoms with E-state index in [2.05, 4.69) is 41.5 Å². The van der Waals surface area contributed by atoms with Crippen molar-refractivity contribution in [2.75, 3.05) is 0 Å². The second kappa shape index (κ2) is 21.3. The lowest BCUT2D eigenvalue weighted by molar-refractivity contribution is 0.0673. The summed E-state index contributed by atoms with van der Waals surface area (Å²) in [6, 6.07) is 0. The molecule has 0 radical (unpaired) electrons. The summed E-state index contributed by atoms with van der Waals surface area (Å²) in [5, 5.41) is 0. The fourth-order valence-corrected chi connectivity index (χ4v) is 1.00. The van der Waals surface area contributed by atoms with Gasteiger partial charge in [0.1, 0.15) is 0 Å². The van der Waals surface area contributed by atoms with Gasteiger partial charge < -0.3 is 4.74 Å². The molecule has 0 bridgehead atoms. The number of ether oxygens (including phenoxy) is 1. The highest BCUT2D eigenvalue weighted by molar-refractivity contribution is 4.64. The monoisotopic (exact) mass is 246 g/mol. The average Bonchev–Trinajstić information content (AvgIpc) is 2.76. The molecule has 1 fully saturated rings. The summed E-state index contributed by atoms with van der Waals surface area (Å²) in [6.45, 7) is 17.0. The van der Waals surface area contributed by atoms with Gasteiger partial charge in [0.2, 0.25) is 0 Å². The molecule has 0 N–H and O–H groups in total. The van der Waals surface area contributed by atoms with Gasteiger partial charge >= 0.3 is 0 Å². The van der Waals surface area contributed by atoms with Crippen molar-refractivity contribution < 1.29 is 4.74 Å². The van der Waals surface area contributed by atoms with E-state index >= 15 is 0 Å². The van der Waals surface area contributed by atoms with Crippen molar-refractivity contribution >= 4 is 0 Å². The van der Waals surface area contributed by atoms with Gasteiger partial charge in [-0.05, 0) is 26.7 Å². The van der Waals surface area contributed by atoms with E-state index in [0.717, 1.165) is 0 Å². The van der Waals surface area contributed by atoms with Crippen LogP contribution in [0, 0.1) is 0 Å². The third-order valence-electron chi connectivity index (χ3n) is 2.44. The number of unbranched alkanes of at least 4 members (excludes halogenated alkanes) is 2. The van der Waals surface area contributed by atoms with E-state index < -0.39 is 0 Å². The third-order valence-corrected chi connectivity index (χ3v) is 2.44. The summed E-state index contributed by atoms with van der Waals surface area (Å²) in [7, 11) is 0. The molecule has 1 heterocycles. The maximum atomic E-state index is 5.36. The van der Waals surface area contributed by atoms with E-state index in [4.69, 9.17) is 4.74 Å². The number of hydrogen-bond donors (Lipinski definition) is 0. The average molecular weight is 246 g/mol. The van der Waals surface area contributed by atoms with Crippen LogP contribution in [-0.4, -0.2) is 12.2 Å². The van der Waals surface area contributed by atoms with Crippen molar-refractivity contribution in [1.82, 2.24) is 0 Å². The fourth-order valence-electron chi connectivity index (χ4n) is 1.00. The molecule has 0 aliphatic carbocycles. The van der Waals surface area contributed by atoms with Crippen LogP contribution in [0.3, 0.4) is 0 Å². The maximum Gasteiger partial charge on any atom is 0.0551 e. The number of hydrogen-bond acceptors (Lipinski definition) is 1. The maximum absolute atomic E-state index is 5.36. The minimum absolute atomic E-state index is 0.523. The molecule has 0 aromatic carbocycles. The number of rotatable bonds is 2. The van der Waals surface area contributed by atoms with E-state index in [1.54, 1.807) is 0 Å². The minimum atomic E-state index is 0.523. The van der Waals surface area contributed by atoms with Gasteiger partial charge in [0.15, 0.2) is 0 Å². The Labute approximate surface area is 111 Å². The van der Waals surface area contributed by atoms with E-state index in [1.165, 1.54) is 38.5 Å². The summed E-state index contributed by atoms with van der Waals surface area (Å²) < 4.78 is 5.36. The normalized spacial score (nSPS) is 21.2. The molecule has 0 spiro atoms. The topological polar surface area (TPSA) is 9.23 Å². The molecular weight excluding hydrogens is 208 g/mol. The first-order valence-electron chi connectivity index (χ1n) is 7.77. The first-order chi connectivity index (χ1) is 8.12. The van der Waals surface area contributed by atoms with E-state index in [1.807, 2.05) is 13.8 Å². The minimum Gasteiger partial charge on any atom is -0.376 e. The predicted octanol–water partition coefficient (Wildman–Crippen LogP) is 6.21. The quantitative estimate of drug-likeness (QED) is 0.562. The summed E-state index contributed by atoms with van der Waals surface area (Å²) in [5.74, 6) is 0. The lowest BCUT2D eigenvalue weighted by Gasteiger charge is -2.01. The summed E-state index contributed by atoms with van der Waals surface area (Å²) in [5.41, 5.74) is 0. The van der Waals surface area contributed by atoms with Crippen molar-refractivity contribution in [3.63, 3.8) is 0 Å². The second-order valence-electron chi connectivity index (χ2n) is 4.33. The van der Waals surface area contributed by atoms with Crippen LogP contribution in [0.15, 0.2) is 0 Å². The second-order valence-corrected chi connectivity index (χ2v) is 4.33. The Morgan fingerprint density at radius 1 is 0.706 bits per heavy atom. The smallest absolute Gasteiger partial charge is 0.0551 e. The Bertz CT molecular complexity index is 85.7. The first kappa shape index (κ1) is 22.2. The van der Waals surface area contributed by atoms with E-state index in [9.17, 15) is 0 Å². The molecule has 108 valence electrons. The highest BCUT2D eigenvalue weighted by Gasteiger charge is 2.16. The van der Waals surface area contributed by atoms with Crippen LogP contribution in [0.5, 0.6) is 0 Å².